The lowest BCUT2D eigenvalue weighted by molar-refractivity contribution is -0.147. The SMILES string of the molecule is CCNC(=O)CN(CC)C(=O)N1CCOCC1C(=O)O. The first-order chi connectivity index (χ1) is 9.51. The number of rotatable bonds is 5. The summed E-state index contributed by atoms with van der Waals surface area (Å²) in [6.07, 6.45) is 0. The van der Waals surface area contributed by atoms with Crippen molar-refractivity contribution in [2.24, 2.45) is 0 Å². The molecule has 0 aliphatic carbocycles. The van der Waals surface area contributed by atoms with Crippen molar-refractivity contribution in [2.45, 2.75) is 19.9 Å². The van der Waals surface area contributed by atoms with Gasteiger partial charge >= 0.3 is 12.0 Å². The second-order valence-electron chi connectivity index (χ2n) is 4.37. The zero-order valence-electron chi connectivity index (χ0n) is 11.8. The van der Waals surface area contributed by atoms with E-state index >= 15 is 0 Å². The number of urea groups is 1. The Morgan fingerprint density at radius 1 is 1.40 bits per heavy atom. The average Bonchev–Trinajstić information content (AvgIpc) is 2.44. The highest BCUT2D eigenvalue weighted by atomic mass is 16.5. The van der Waals surface area contributed by atoms with E-state index in [1.165, 1.54) is 9.80 Å². The van der Waals surface area contributed by atoms with Gasteiger partial charge in [0.05, 0.1) is 13.2 Å². The highest BCUT2D eigenvalue weighted by molar-refractivity contribution is 5.87. The van der Waals surface area contributed by atoms with Gasteiger partial charge in [-0.25, -0.2) is 9.59 Å². The summed E-state index contributed by atoms with van der Waals surface area (Å²) in [5, 5.41) is 11.7. The van der Waals surface area contributed by atoms with Gasteiger partial charge in [0.1, 0.15) is 6.54 Å². The number of carbonyl (C=O) groups excluding carboxylic acids is 2. The second kappa shape index (κ2) is 7.68. The number of carboxylic acids is 1. The number of carboxylic acid groups (broad SMARTS) is 1. The number of nitrogens with one attached hydrogen (secondary N) is 1. The van der Waals surface area contributed by atoms with Crippen LogP contribution >= 0.6 is 0 Å². The Labute approximate surface area is 117 Å². The lowest BCUT2D eigenvalue weighted by Crippen LogP contribution is -2.57. The summed E-state index contributed by atoms with van der Waals surface area (Å²) in [5.74, 6) is -1.37. The van der Waals surface area contributed by atoms with E-state index in [1.54, 1.807) is 13.8 Å². The smallest absolute Gasteiger partial charge is 0.328 e. The predicted molar refractivity (Wildman–Crippen MR) is 70.3 cm³/mol. The van der Waals surface area contributed by atoms with Crippen molar-refractivity contribution in [1.82, 2.24) is 15.1 Å². The maximum Gasteiger partial charge on any atom is 0.328 e. The van der Waals surface area contributed by atoms with Crippen molar-refractivity contribution in [3.63, 3.8) is 0 Å². The summed E-state index contributed by atoms with van der Waals surface area (Å²) < 4.78 is 5.08. The summed E-state index contributed by atoms with van der Waals surface area (Å²) in [7, 11) is 0. The van der Waals surface area contributed by atoms with E-state index in [1.807, 2.05) is 0 Å². The first-order valence-corrected chi connectivity index (χ1v) is 6.64. The normalized spacial score (nSPS) is 18.5. The predicted octanol–water partition coefficient (Wildman–Crippen LogP) is -0.650. The lowest BCUT2D eigenvalue weighted by atomic mass is 10.2. The summed E-state index contributed by atoms with van der Waals surface area (Å²) in [6, 6.07) is -1.45. The van der Waals surface area contributed by atoms with Crippen LogP contribution in [0.5, 0.6) is 0 Å². The third-order valence-corrected chi connectivity index (χ3v) is 3.02. The molecule has 1 aliphatic rings. The number of carbonyl (C=O) groups is 3. The minimum Gasteiger partial charge on any atom is -0.480 e. The fourth-order valence-electron chi connectivity index (χ4n) is 1.96. The second-order valence-corrected chi connectivity index (χ2v) is 4.37. The van der Waals surface area contributed by atoms with Gasteiger partial charge in [0.25, 0.3) is 0 Å². The Kier molecular flexibility index (Phi) is 6.23. The molecular formula is C12H21N3O5. The number of nitrogens with zero attached hydrogens (tertiary/aromatic N) is 2. The van der Waals surface area contributed by atoms with Crippen LogP contribution in [0.2, 0.25) is 0 Å². The molecule has 1 unspecified atom stereocenters. The maximum atomic E-state index is 12.3. The van der Waals surface area contributed by atoms with Crippen LogP contribution in [-0.4, -0.2) is 78.2 Å². The number of hydrogen-bond acceptors (Lipinski definition) is 4. The Morgan fingerprint density at radius 3 is 2.65 bits per heavy atom. The molecule has 0 aromatic carbocycles. The van der Waals surface area contributed by atoms with Gasteiger partial charge in [-0.2, -0.15) is 0 Å². The van der Waals surface area contributed by atoms with E-state index < -0.39 is 18.0 Å². The van der Waals surface area contributed by atoms with Crippen molar-refractivity contribution >= 4 is 17.9 Å². The average molecular weight is 287 g/mol. The highest BCUT2D eigenvalue weighted by Crippen LogP contribution is 2.10. The Hall–Kier alpha value is -1.83. The lowest BCUT2D eigenvalue weighted by Gasteiger charge is -2.36. The third kappa shape index (κ3) is 4.09. The molecule has 1 aliphatic heterocycles. The van der Waals surface area contributed by atoms with Crippen LogP contribution in [0, 0.1) is 0 Å². The molecular weight excluding hydrogens is 266 g/mol. The minimum atomic E-state index is -1.10. The molecule has 8 nitrogen and oxygen atoms in total. The molecule has 2 N–H and O–H groups in total. The number of likely N-dealkylation sites (N-methyl/N-ethyl adjacent to an activating group) is 2. The molecule has 0 radical (unpaired) electrons. The third-order valence-electron chi connectivity index (χ3n) is 3.02. The van der Waals surface area contributed by atoms with E-state index in [4.69, 9.17) is 9.84 Å². The largest absolute Gasteiger partial charge is 0.480 e. The number of aliphatic carboxylic acids is 1. The molecule has 0 saturated carbocycles. The number of morpholine rings is 1. The zero-order chi connectivity index (χ0) is 15.1. The van der Waals surface area contributed by atoms with Crippen molar-refractivity contribution in [3.8, 4) is 0 Å². The van der Waals surface area contributed by atoms with Gasteiger partial charge in [-0.05, 0) is 13.8 Å². The molecule has 1 rings (SSSR count). The highest BCUT2D eigenvalue weighted by Gasteiger charge is 2.35. The molecule has 0 bridgehead atoms. The van der Waals surface area contributed by atoms with Gasteiger partial charge < -0.3 is 25.0 Å². The molecule has 1 fully saturated rings. The van der Waals surface area contributed by atoms with Crippen molar-refractivity contribution in [1.29, 1.82) is 0 Å². The molecule has 1 atom stereocenters. The molecule has 0 aromatic rings. The summed E-state index contributed by atoms with van der Waals surface area (Å²) in [6.45, 7) is 4.76. The van der Waals surface area contributed by atoms with Gasteiger partial charge in [-0.15, -0.1) is 0 Å². The van der Waals surface area contributed by atoms with Crippen LogP contribution in [0.15, 0.2) is 0 Å². The quantitative estimate of drug-likeness (QED) is 0.700. The number of ether oxygens (including phenoxy) is 1. The minimum absolute atomic E-state index is 0.0280. The molecule has 0 aromatic heterocycles. The van der Waals surface area contributed by atoms with Gasteiger partial charge in [0.2, 0.25) is 5.91 Å². The molecule has 3 amide bonds. The summed E-state index contributed by atoms with van der Waals surface area (Å²) >= 11 is 0. The Morgan fingerprint density at radius 2 is 2.10 bits per heavy atom. The fraction of sp³-hybridized carbons (Fsp3) is 0.750. The molecule has 1 heterocycles. The van der Waals surface area contributed by atoms with Gasteiger partial charge in [-0.1, -0.05) is 0 Å². The maximum absolute atomic E-state index is 12.3. The van der Waals surface area contributed by atoms with E-state index in [0.29, 0.717) is 19.7 Å². The van der Waals surface area contributed by atoms with Crippen molar-refractivity contribution < 1.29 is 24.2 Å². The molecule has 0 spiro atoms. The van der Waals surface area contributed by atoms with Crippen LogP contribution in [0.4, 0.5) is 4.79 Å². The van der Waals surface area contributed by atoms with Crippen LogP contribution in [0.25, 0.3) is 0 Å². The van der Waals surface area contributed by atoms with E-state index in [9.17, 15) is 14.4 Å². The Bertz CT molecular complexity index is 374. The standard InChI is InChI=1S/C12H21N3O5/c1-3-13-10(16)7-14(4-2)12(19)15-5-6-20-8-9(15)11(17)18/h9H,3-8H2,1-2H3,(H,13,16)(H,17,18). The topological polar surface area (TPSA) is 99.2 Å². The van der Waals surface area contributed by atoms with E-state index in [0.717, 1.165) is 0 Å². The molecule has 1 saturated heterocycles. The first-order valence-electron chi connectivity index (χ1n) is 6.64. The molecule has 20 heavy (non-hydrogen) atoms. The first kappa shape index (κ1) is 16.2. The van der Waals surface area contributed by atoms with Crippen LogP contribution in [0.1, 0.15) is 13.8 Å². The molecule has 8 heteroatoms. The van der Waals surface area contributed by atoms with Crippen LogP contribution < -0.4 is 5.32 Å². The monoisotopic (exact) mass is 287 g/mol. The number of hydrogen-bond donors (Lipinski definition) is 2. The van der Waals surface area contributed by atoms with E-state index in [-0.39, 0.29) is 25.6 Å². The Balaban J connectivity index is 2.72. The van der Waals surface area contributed by atoms with Crippen LogP contribution in [0.3, 0.4) is 0 Å². The van der Waals surface area contributed by atoms with E-state index in [2.05, 4.69) is 5.32 Å². The fourth-order valence-corrected chi connectivity index (χ4v) is 1.96. The summed E-state index contributed by atoms with van der Waals surface area (Å²) in [5.41, 5.74) is 0. The van der Waals surface area contributed by atoms with Crippen molar-refractivity contribution in [2.75, 3.05) is 39.4 Å². The van der Waals surface area contributed by atoms with Gasteiger partial charge in [0.15, 0.2) is 6.04 Å². The van der Waals surface area contributed by atoms with Gasteiger partial charge in [-0.3, -0.25) is 4.79 Å². The molecule has 114 valence electrons. The number of amides is 3. The zero-order valence-corrected chi connectivity index (χ0v) is 11.8. The summed E-state index contributed by atoms with van der Waals surface area (Å²) in [4.78, 5) is 37.6. The van der Waals surface area contributed by atoms with Crippen LogP contribution in [-0.2, 0) is 14.3 Å². The van der Waals surface area contributed by atoms with Gasteiger partial charge in [0, 0.05) is 19.6 Å². The van der Waals surface area contributed by atoms with Crippen molar-refractivity contribution in [3.05, 3.63) is 0 Å².